The van der Waals surface area contributed by atoms with E-state index in [0.29, 0.717) is 23.3 Å². The van der Waals surface area contributed by atoms with Crippen LogP contribution in [-0.2, 0) is 14.9 Å². The Morgan fingerprint density at radius 3 is 2.17 bits per heavy atom. The molecule has 1 amide bonds. The van der Waals surface area contributed by atoms with E-state index in [0.717, 1.165) is 5.56 Å². The summed E-state index contributed by atoms with van der Waals surface area (Å²) in [6.45, 7) is 5.96. The van der Waals surface area contributed by atoms with Crippen LogP contribution in [-0.4, -0.2) is 42.3 Å². The zero-order valence-corrected chi connectivity index (χ0v) is 18.8. The normalized spacial score (nSPS) is 12.1. The molecule has 160 valence electrons. The van der Waals surface area contributed by atoms with E-state index in [1.807, 2.05) is 24.5 Å². The van der Waals surface area contributed by atoms with Crippen molar-refractivity contribution in [1.82, 2.24) is 5.32 Å². The number of hydrogen-bond donors (Lipinski definition) is 1. The van der Waals surface area contributed by atoms with Crippen molar-refractivity contribution in [2.75, 3.05) is 18.6 Å². The van der Waals surface area contributed by atoms with Gasteiger partial charge in [0.25, 0.3) is 5.91 Å². The highest BCUT2D eigenvalue weighted by molar-refractivity contribution is 7.98. The third kappa shape index (κ3) is 7.02. The molecule has 1 atom stereocenters. The van der Waals surface area contributed by atoms with Crippen molar-refractivity contribution in [3.05, 3.63) is 71.3 Å². The van der Waals surface area contributed by atoms with E-state index in [1.165, 1.54) is 0 Å². The highest BCUT2D eigenvalue weighted by atomic mass is 32.2. The number of Topliss-reactive ketones (excluding diaryl/α,β-unsaturated/α-hetero) is 1. The number of carbonyl (C=O) groups excluding carboxylic acids is 3. The number of ether oxygens (including phenoxy) is 1. The second-order valence-electron chi connectivity index (χ2n) is 8.03. The Bertz CT molecular complexity index is 857. The van der Waals surface area contributed by atoms with Gasteiger partial charge in [0.1, 0.15) is 6.04 Å². The van der Waals surface area contributed by atoms with Gasteiger partial charge in [-0.3, -0.25) is 9.59 Å². The monoisotopic (exact) mass is 427 g/mol. The first-order valence-electron chi connectivity index (χ1n) is 9.87. The second kappa shape index (κ2) is 11.0. The van der Waals surface area contributed by atoms with Crippen LogP contribution < -0.4 is 5.32 Å². The number of benzene rings is 2. The van der Waals surface area contributed by atoms with Crippen LogP contribution in [0.25, 0.3) is 0 Å². The van der Waals surface area contributed by atoms with Gasteiger partial charge in [0.2, 0.25) is 0 Å². The molecular formula is C24H29NO4S. The molecule has 0 aromatic heterocycles. The van der Waals surface area contributed by atoms with Gasteiger partial charge in [-0.15, -0.1) is 0 Å². The van der Waals surface area contributed by atoms with Crippen molar-refractivity contribution in [3.8, 4) is 0 Å². The third-order valence-electron chi connectivity index (χ3n) is 4.65. The van der Waals surface area contributed by atoms with Gasteiger partial charge in [-0.25, -0.2) is 4.79 Å². The van der Waals surface area contributed by atoms with Crippen LogP contribution in [0.4, 0.5) is 0 Å². The Balaban J connectivity index is 2.00. The molecule has 2 aromatic rings. The summed E-state index contributed by atoms with van der Waals surface area (Å²) in [5.41, 5.74) is 2.07. The molecule has 0 saturated carbocycles. The SMILES string of the molecule is CSCC[C@@H](NC(=O)c1ccc(C(C)(C)C)cc1)C(=O)OCC(=O)c1ccccc1. The van der Waals surface area contributed by atoms with Crippen molar-refractivity contribution >= 4 is 29.4 Å². The smallest absolute Gasteiger partial charge is 0.329 e. The predicted molar refractivity (Wildman–Crippen MR) is 121 cm³/mol. The molecule has 6 heteroatoms. The second-order valence-corrected chi connectivity index (χ2v) is 9.02. The molecule has 5 nitrogen and oxygen atoms in total. The lowest BCUT2D eigenvalue weighted by Gasteiger charge is -2.20. The Hall–Kier alpha value is -2.60. The lowest BCUT2D eigenvalue weighted by molar-refractivity contribution is -0.144. The fourth-order valence-corrected chi connectivity index (χ4v) is 3.26. The van der Waals surface area contributed by atoms with Gasteiger partial charge >= 0.3 is 5.97 Å². The van der Waals surface area contributed by atoms with Gasteiger partial charge in [0, 0.05) is 11.1 Å². The van der Waals surface area contributed by atoms with Gasteiger partial charge in [0.15, 0.2) is 12.4 Å². The molecular weight excluding hydrogens is 398 g/mol. The average Bonchev–Trinajstić information content (AvgIpc) is 2.74. The van der Waals surface area contributed by atoms with Crippen LogP contribution in [0.3, 0.4) is 0 Å². The molecule has 2 aromatic carbocycles. The maximum atomic E-state index is 12.7. The van der Waals surface area contributed by atoms with Crippen molar-refractivity contribution in [2.45, 2.75) is 38.6 Å². The highest BCUT2D eigenvalue weighted by Gasteiger charge is 2.24. The summed E-state index contributed by atoms with van der Waals surface area (Å²) < 4.78 is 5.21. The molecule has 0 fully saturated rings. The number of rotatable bonds is 9. The predicted octanol–water partition coefficient (Wildman–Crippen LogP) is 4.26. The van der Waals surface area contributed by atoms with Gasteiger partial charge in [-0.05, 0) is 41.5 Å². The van der Waals surface area contributed by atoms with Crippen LogP contribution in [0, 0.1) is 0 Å². The van der Waals surface area contributed by atoms with Crippen LogP contribution in [0.5, 0.6) is 0 Å². The fourth-order valence-electron chi connectivity index (χ4n) is 2.79. The third-order valence-corrected chi connectivity index (χ3v) is 5.30. The van der Waals surface area contributed by atoms with Crippen LogP contribution >= 0.6 is 11.8 Å². The minimum Gasteiger partial charge on any atom is -0.456 e. The first-order chi connectivity index (χ1) is 14.2. The molecule has 0 spiro atoms. The van der Waals surface area contributed by atoms with E-state index in [-0.39, 0.29) is 23.7 Å². The van der Waals surface area contributed by atoms with Crippen LogP contribution in [0.2, 0.25) is 0 Å². The van der Waals surface area contributed by atoms with Crippen molar-refractivity contribution < 1.29 is 19.1 Å². The van der Waals surface area contributed by atoms with E-state index in [4.69, 9.17) is 4.74 Å². The fraction of sp³-hybridized carbons (Fsp3) is 0.375. The van der Waals surface area contributed by atoms with Gasteiger partial charge in [-0.2, -0.15) is 11.8 Å². The number of ketones is 1. The lowest BCUT2D eigenvalue weighted by Crippen LogP contribution is -2.42. The largest absolute Gasteiger partial charge is 0.456 e. The average molecular weight is 428 g/mol. The van der Waals surface area contributed by atoms with Crippen molar-refractivity contribution in [3.63, 3.8) is 0 Å². The van der Waals surface area contributed by atoms with E-state index in [9.17, 15) is 14.4 Å². The molecule has 2 rings (SSSR count). The first-order valence-corrected chi connectivity index (χ1v) is 11.3. The van der Waals surface area contributed by atoms with Gasteiger partial charge < -0.3 is 10.1 Å². The van der Waals surface area contributed by atoms with E-state index in [1.54, 1.807) is 48.2 Å². The number of carbonyl (C=O) groups is 3. The summed E-state index contributed by atoms with van der Waals surface area (Å²) in [5, 5.41) is 2.75. The minimum absolute atomic E-state index is 0.00894. The van der Waals surface area contributed by atoms with Crippen LogP contribution in [0.1, 0.15) is 53.5 Å². The van der Waals surface area contributed by atoms with Crippen molar-refractivity contribution in [2.24, 2.45) is 0 Å². The van der Waals surface area contributed by atoms with E-state index < -0.39 is 12.0 Å². The summed E-state index contributed by atoms with van der Waals surface area (Å²) in [5.74, 6) is -0.548. The quantitative estimate of drug-likeness (QED) is 0.478. The molecule has 0 heterocycles. The standard InChI is InChI=1S/C24H29NO4S/c1-24(2,3)19-12-10-18(11-13-19)22(27)25-20(14-15-30-4)23(28)29-16-21(26)17-8-6-5-7-9-17/h5-13,20H,14-16H2,1-4H3,(H,25,27)/t20-/m1/s1. The zero-order valence-electron chi connectivity index (χ0n) is 17.9. The molecule has 0 aliphatic rings. The maximum Gasteiger partial charge on any atom is 0.329 e. The highest BCUT2D eigenvalue weighted by Crippen LogP contribution is 2.22. The number of esters is 1. The number of amides is 1. The molecule has 0 saturated heterocycles. The van der Waals surface area contributed by atoms with E-state index in [2.05, 4.69) is 26.1 Å². The lowest BCUT2D eigenvalue weighted by atomic mass is 9.86. The number of nitrogens with one attached hydrogen (secondary N) is 1. The topological polar surface area (TPSA) is 72.5 Å². The summed E-state index contributed by atoms with van der Waals surface area (Å²) in [6.07, 6.45) is 2.35. The molecule has 1 N–H and O–H groups in total. The Kier molecular flexibility index (Phi) is 8.66. The first kappa shape index (κ1) is 23.7. The number of hydrogen-bond acceptors (Lipinski definition) is 5. The maximum absolute atomic E-state index is 12.7. The summed E-state index contributed by atoms with van der Waals surface area (Å²) in [6, 6.07) is 15.2. The summed E-state index contributed by atoms with van der Waals surface area (Å²) in [4.78, 5) is 37.4. The summed E-state index contributed by atoms with van der Waals surface area (Å²) in [7, 11) is 0. The molecule has 30 heavy (non-hydrogen) atoms. The van der Waals surface area contributed by atoms with Crippen molar-refractivity contribution in [1.29, 1.82) is 0 Å². The van der Waals surface area contributed by atoms with E-state index >= 15 is 0 Å². The molecule has 0 aliphatic heterocycles. The van der Waals surface area contributed by atoms with Gasteiger partial charge in [0.05, 0.1) is 0 Å². The Labute approximate surface area is 182 Å². The molecule has 0 unspecified atom stereocenters. The van der Waals surface area contributed by atoms with Crippen LogP contribution in [0.15, 0.2) is 54.6 Å². The van der Waals surface area contributed by atoms with Gasteiger partial charge in [-0.1, -0.05) is 63.2 Å². The Morgan fingerprint density at radius 2 is 1.60 bits per heavy atom. The minimum atomic E-state index is -0.809. The molecule has 0 bridgehead atoms. The Morgan fingerprint density at radius 1 is 0.967 bits per heavy atom. The molecule has 0 aliphatic carbocycles. The zero-order chi connectivity index (χ0) is 22.1. The summed E-state index contributed by atoms with van der Waals surface area (Å²) >= 11 is 1.57. The molecule has 0 radical (unpaired) electrons. The number of thioether (sulfide) groups is 1.